The van der Waals surface area contributed by atoms with Crippen molar-refractivity contribution in [3.63, 3.8) is 0 Å². The summed E-state index contributed by atoms with van der Waals surface area (Å²) in [5.41, 5.74) is 4.08. The second-order valence-corrected chi connectivity index (χ2v) is 7.86. The summed E-state index contributed by atoms with van der Waals surface area (Å²) < 4.78 is 40.2. The second kappa shape index (κ2) is 9.70. The van der Waals surface area contributed by atoms with Gasteiger partial charge in [-0.05, 0) is 41.8 Å². The number of thiophene rings is 1. The first-order chi connectivity index (χ1) is 15.9. The average molecular weight is 469 g/mol. The number of carbonyl (C=O) groups excluding carboxylic acids is 1. The Hall–Kier alpha value is -3.92. The minimum absolute atomic E-state index is 0.188. The van der Waals surface area contributed by atoms with E-state index in [1.54, 1.807) is 10.9 Å². The van der Waals surface area contributed by atoms with E-state index in [1.165, 1.54) is 29.7 Å². The molecule has 0 atom stereocenters. The largest absolute Gasteiger partial charge is 0.416 e. The van der Waals surface area contributed by atoms with Crippen LogP contribution in [0.25, 0.3) is 16.3 Å². The van der Waals surface area contributed by atoms with Gasteiger partial charge in [0.1, 0.15) is 5.69 Å². The Labute approximate surface area is 191 Å². The number of rotatable bonds is 7. The number of alkyl halides is 3. The molecule has 0 aliphatic carbocycles. The molecule has 2 N–H and O–H groups in total. The first-order valence-electron chi connectivity index (χ1n) is 9.82. The number of amides is 1. The van der Waals surface area contributed by atoms with Crippen LogP contribution >= 0.6 is 11.3 Å². The molecule has 0 spiro atoms. The second-order valence-electron chi connectivity index (χ2n) is 6.92. The number of para-hydroxylation sites is 1. The quantitative estimate of drug-likeness (QED) is 0.289. The van der Waals surface area contributed by atoms with Gasteiger partial charge in [0.05, 0.1) is 28.9 Å². The van der Waals surface area contributed by atoms with Crippen LogP contribution in [0, 0.1) is 0 Å². The van der Waals surface area contributed by atoms with Gasteiger partial charge in [-0.2, -0.15) is 23.4 Å². The van der Waals surface area contributed by atoms with E-state index in [4.69, 9.17) is 0 Å². The number of hydrogen-bond acceptors (Lipinski definition) is 5. The molecule has 0 aliphatic heterocycles. The van der Waals surface area contributed by atoms with Crippen LogP contribution in [0.2, 0.25) is 0 Å². The molecule has 2 aromatic carbocycles. The van der Waals surface area contributed by atoms with Crippen LogP contribution < -0.4 is 10.7 Å². The molecule has 2 heterocycles. The van der Waals surface area contributed by atoms with Gasteiger partial charge in [0.15, 0.2) is 0 Å². The van der Waals surface area contributed by atoms with Crippen molar-refractivity contribution in [3.8, 4) is 16.3 Å². The topological polar surface area (TPSA) is 71.3 Å². The predicted molar refractivity (Wildman–Crippen MR) is 123 cm³/mol. The number of anilines is 1. The van der Waals surface area contributed by atoms with Crippen molar-refractivity contribution in [2.75, 3.05) is 11.9 Å². The van der Waals surface area contributed by atoms with Crippen LogP contribution in [-0.2, 0) is 11.0 Å². The van der Waals surface area contributed by atoms with Gasteiger partial charge in [0.2, 0.25) is 0 Å². The molecule has 0 fully saturated rings. The highest BCUT2D eigenvalue weighted by molar-refractivity contribution is 7.13. The Morgan fingerprint density at radius 2 is 1.91 bits per heavy atom. The van der Waals surface area contributed by atoms with Crippen LogP contribution in [-0.4, -0.2) is 28.4 Å². The normalized spacial score (nSPS) is 11.6. The number of nitrogens with one attached hydrogen (secondary N) is 2. The van der Waals surface area contributed by atoms with Crippen molar-refractivity contribution in [2.24, 2.45) is 5.10 Å². The SMILES string of the molecule is O=C(CNc1cccc(C(F)(F)F)c1)N/N=C\c1cn(-c2ccccc2)nc1-c1cccs1. The van der Waals surface area contributed by atoms with Crippen molar-refractivity contribution in [2.45, 2.75) is 6.18 Å². The molecule has 4 aromatic rings. The fourth-order valence-corrected chi connectivity index (χ4v) is 3.73. The Morgan fingerprint density at radius 3 is 2.64 bits per heavy atom. The van der Waals surface area contributed by atoms with E-state index in [0.717, 1.165) is 22.7 Å². The van der Waals surface area contributed by atoms with E-state index in [1.807, 2.05) is 47.8 Å². The number of carbonyl (C=O) groups is 1. The summed E-state index contributed by atoms with van der Waals surface area (Å²) in [5, 5.41) is 13.2. The third-order valence-electron chi connectivity index (χ3n) is 4.55. The van der Waals surface area contributed by atoms with Gasteiger partial charge in [-0.25, -0.2) is 10.1 Å². The van der Waals surface area contributed by atoms with Crippen LogP contribution in [0.5, 0.6) is 0 Å². The van der Waals surface area contributed by atoms with Gasteiger partial charge in [-0.1, -0.05) is 30.3 Å². The molecular weight excluding hydrogens is 451 g/mol. The van der Waals surface area contributed by atoms with Gasteiger partial charge < -0.3 is 5.32 Å². The third kappa shape index (κ3) is 5.66. The third-order valence-corrected chi connectivity index (χ3v) is 5.43. The monoisotopic (exact) mass is 469 g/mol. The predicted octanol–water partition coefficient (Wildman–Crippen LogP) is 5.18. The number of hydrogen-bond donors (Lipinski definition) is 2. The molecule has 0 saturated carbocycles. The van der Waals surface area contributed by atoms with Crippen LogP contribution in [0.15, 0.2) is 83.4 Å². The fourth-order valence-electron chi connectivity index (χ4n) is 3.00. The molecule has 4 rings (SSSR count). The first kappa shape index (κ1) is 22.3. The molecule has 0 unspecified atom stereocenters. The van der Waals surface area contributed by atoms with Gasteiger partial charge >= 0.3 is 6.18 Å². The number of benzene rings is 2. The summed E-state index contributed by atoms with van der Waals surface area (Å²) >= 11 is 1.53. The zero-order chi connectivity index (χ0) is 23.3. The zero-order valence-corrected chi connectivity index (χ0v) is 17.9. The molecule has 0 radical (unpaired) electrons. The van der Waals surface area contributed by atoms with E-state index >= 15 is 0 Å². The van der Waals surface area contributed by atoms with Crippen LogP contribution in [0.3, 0.4) is 0 Å². The lowest BCUT2D eigenvalue weighted by atomic mass is 10.2. The van der Waals surface area contributed by atoms with Crippen molar-refractivity contribution < 1.29 is 18.0 Å². The zero-order valence-electron chi connectivity index (χ0n) is 17.1. The summed E-state index contributed by atoms with van der Waals surface area (Å²) in [4.78, 5) is 13.0. The molecule has 6 nitrogen and oxygen atoms in total. The molecule has 1 amide bonds. The van der Waals surface area contributed by atoms with Gasteiger partial charge in [0.25, 0.3) is 5.91 Å². The molecule has 0 aliphatic rings. The van der Waals surface area contributed by atoms with Crippen molar-refractivity contribution in [1.82, 2.24) is 15.2 Å². The summed E-state index contributed by atoms with van der Waals surface area (Å²) in [6.07, 6.45) is -1.15. The molecule has 0 bridgehead atoms. The lowest BCUT2D eigenvalue weighted by molar-refractivity contribution is -0.137. The number of nitrogens with zero attached hydrogens (tertiary/aromatic N) is 3. The van der Waals surface area contributed by atoms with E-state index < -0.39 is 17.6 Å². The average Bonchev–Trinajstić information content (AvgIpc) is 3.48. The highest BCUT2D eigenvalue weighted by Crippen LogP contribution is 2.30. The standard InChI is InChI=1S/C23H18F3N5OS/c24-23(25,26)17-6-4-7-18(12-17)27-14-21(32)29-28-13-16-15-31(19-8-2-1-3-9-19)30-22(16)20-10-5-11-33-20/h1-13,15,27H,14H2,(H,29,32)/b28-13-. The van der Waals surface area contributed by atoms with Crippen molar-refractivity contribution in [1.29, 1.82) is 0 Å². The highest BCUT2D eigenvalue weighted by Gasteiger charge is 2.30. The molecule has 2 aromatic heterocycles. The van der Waals surface area contributed by atoms with Gasteiger partial charge in [-0.15, -0.1) is 11.3 Å². The number of aromatic nitrogens is 2. The first-order valence-corrected chi connectivity index (χ1v) is 10.7. The Morgan fingerprint density at radius 1 is 1.09 bits per heavy atom. The summed E-state index contributed by atoms with van der Waals surface area (Å²) in [5.74, 6) is -0.503. The molecular formula is C23H18F3N5OS. The molecule has 10 heteroatoms. The van der Waals surface area contributed by atoms with Crippen LogP contribution in [0.1, 0.15) is 11.1 Å². The van der Waals surface area contributed by atoms with Crippen LogP contribution in [0.4, 0.5) is 18.9 Å². The van der Waals surface area contributed by atoms with Gasteiger partial charge in [-0.3, -0.25) is 4.79 Å². The smallest absolute Gasteiger partial charge is 0.376 e. The minimum Gasteiger partial charge on any atom is -0.376 e. The summed E-state index contributed by atoms with van der Waals surface area (Å²) in [7, 11) is 0. The van der Waals surface area contributed by atoms with E-state index in [2.05, 4.69) is 20.9 Å². The molecule has 168 valence electrons. The molecule has 0 saturated heterocycles. The maximum absolute atomic E-state index is 12.8. The number of hydrazone groups is 1. The maximum Gasteiger partial charge on any atom is 0.416 e. The lowest BCUT2D eigenvalue weighted by Gasteiger charge is -2.09. The van der Waals surface area contributed by atoms with Crippen molar-refractivity contribution in [3.05, 3.63) is 89.4 Å². The Bertz CT molecular complexity index is 1250. The van der Waals surface area contributed by atoms with E-state index in [-0.39, 0.29) is 12.2 Å². The Balaban J connectivity index is 1.43. The summed E-state index contributed by atoms with van der Waals surface area (Å²) in [6.45, 7) is -0.236. The minimum atomic E-state index is -4.45. The van der Waals surface area contributed by atoms with E-state index in [0.29, 0.717) is 11.3 Å². The highest BCUT2D eigenvalue weighted by atomic mass is 32.1. The van der Waals surface area contributed by atoms with Gasteiger partial charge in [0, 0.05) is 17.4 Å². The van der Waals surface area contributed by atoms with Crippen molar-refractivity contribution >= 4 is 29.1 Å². The molecule has 33 heavy (non-hydrogen) atoms. The summed E-state index contributed by atoms with van der Waals surface area (Å²) in [6, 6.07) is 18.1. The fraction of sp³-hybridized carbons (Fsp3) is 0.0870. The number of halogens is 3. The maximum atomic E-state index is 12.8. The van der Waals surface area contributed by atoms with E-state index in [9.17, 15) is 18.0 Å². The Kier molecular flexibility index (Phi) is 6.55. The lowest BCUT2D eigenvalue weighted by Crippen LogP contribution is -2.26.